The quantitative estimate of drug-likeness (QED) is 0.920. The topological polar surface area (TPSA) is 45.5 Å². The maximum atomic E-state index is 12.0. The van der Waals surface area contributed by atoms with Crippen LogP contribution in [0.15, 0.2) is 16.7 Å². The fourth-order valence-electron chi connectivity index (χ4n) is 1.49. The van der Waals surface area contributed by atoms with Gasteiger partial charge in [0.1, 0.15) is 5.69 Å². The maximum absolute atomic E-state index is 12.0. The number of hydrogen-bond acceptors (Lipinski definition) is 2. The normalized spacial score (nSPS) is 10.9. The molecule has 0 atom stereocenters. The second kappa shape index (κ2) is 5.50. The van der Waals surface area contributed by atoms with Crippen molar-refractivity contribution in [2.45, 2.75) is 19.9 Å². The van der Waals surface area contributed by atoms with Crippen LogP contribution in [0, 0.1) is 0 Å². The molecule has 0 aromatic carbocycles. The van der Waals surface area contributed by atoms with Crippen LogP contribution in [0.1, 0.15) is 30.4 Å². The minimum Gasteiger partial charge on any atom is -0.395 e. The van der Waals surface area contributed by atoms with Crippen molar-refractivity contribution in [2.75, 3.05) is 20.2 Å². The largest absolute Gasteiger partial charge is 0.395 e. The predicted octanol–water partition coefficient (Wildman–Crippen LogP) is 1.90. The Bertz CT molecular complexity index is 374. The average Bonchev–Trinajstić information content (AvgIpc) is 2.59. The van der Waals surface area contributed by atoms with Crippen LogP contribution in [-0.2, 0) is 0 Å². The Labute approximate surface area is 104 Å². The van der Waals surface area contributed by atoms with Crippen LogP contribution in [0.5, 0.6) is 0 Å². The van der Waals surface area contributed by atoms with E-state index in [0.29, 0.717) is 12.2 Å². The summed E-state index contributed by atoms with van der Waals surface area (Å²) in [5, 5.41) is 8.81. The number of rotatable bonds is 4. The first kappa shape index (κ1) is 13.3. The zero-order chi connectivity index (χ0) is 12.3. The Morgan fingerprint density at radius 2 is 2.25 bits per heavy atom. The molecule has 0 fully saturated rings. The van der Waals surface area contributed by atoms with E-state index in [0.717, 1.165) is 4.47 Å². The molecule has 1 rings (SSSR count). The second-order valence-electron chi connectivity index (χ2n) is 3.99. The van der Waals surface area contributed by atoms with E-state index < -0.39 is 0 Å². The lowest BCUT2D eigenvalue weighted by Gasteiger charge is -2.18. The highest BCUT2D eigenvalue weighted by atomic mass is 79.9. The SMILES string of the molecule is CC(C)n1cc(Br)cc1C(=O)N(C)CCO. The lowest BCUT2D eigenvalue weighted by molar-refractivity contribution is 0.0754. The monoisotopic (exact) mass is 288 g/mol. The van der Waals surface area contributed by atoms with E-state index in [-0.39, 0.29) is 18.6 Å². The number of aromatic nitrogens is 1. The van der Waals surface area contributed by atoms with E-state index in [1.807, 2.05) is 24.6 Å². The number of hydrogen-bond donors (Lipinski definition) is 1. The van der Waals surface area contributed by atoms with Crippen molar-refractivity contribution in [1.82, 2.24) is 9.47 Å². The molecule has 4 nitrogen and oxygen atoms in total. The van der Waals surface area contributed by atoms with E-state index >= 15 is 0 Å². The Kier molecular flexibility index (Phi) is 4.56. The van der Waals surface area contributed by atoms with Crippen molar-refractivity contribution < 1.29 is 9.90 Å². The van der Waals surface area contributed by atoms with Crippen molar-refractivity contribution >= 4 is 21.8 Å². The summed E-state index contributed by atoms with van der Waals surface area (Å²) < 4.78 is 2.81. The molecule has 1 heterocycles. The number of nitrogens with zero attached hydrogens (tertiary/aromatic N) is 2. The molecule has 0 aliphatic carbocycles. The molecule has 1 N–H and O–H groups in total. The summed E-state index contributed by atoms with van der Waals surface area (Å²) in [6, 6.07) is 2.03. The summed E-state index contributed by atoms with van der Waals surface area (Å²) >= 11 is 3.37. The molecule has 0 aliphatic heterocycles. The fourth-order valence-corrected chi connectivity index (χ4v) is 1.93. The summed E-state index contributed by atoms with van der Waals surface area (Å²) in [6.07, 6.45) is 1.89. The molecule has 0 saturated carbocycles. The molecule has 0 saturated heterocycles. The molecule has 0 bridgehead atoms. The van der Waals surface area contributed by atoms with E-state index in [1.54, 1.807) is 13.1 Å². The lowest BCUT2D eigenvalue weighted by atomic mass is 10.3. The fraction of sp³-hybridized carbons (Fsp3) is 0.545. The molecule has 0 spiro atoms. The third kappa shape index (κ3) is 2.86. The van der Waals surface area contributed by atoms with Crippen LogP contribution in [0.2, 0.25) is 0 Å². The minimum absolute atomic E-state index is 0.0220. The third-order valence-electron chi connectivity index (χ3n) is 2.37. The highest BCUT2D eigenvalue weighted by Crippen LogP contribution is 2.20. The molecular weight excluding hydrogens is 272 g/mol. The highest BCUT2D eigenvalue weighted by Gasteiger charge is 2.17. The van der Waals surface area contributed by atoms with Gasteiger partial charge in [-0.05, 0) is 35.8 Å². The van der Waals surface area contributed by atoms with Gasteiger partial charge in [-0.1, -0.05) is 0 Å². The van der Waals surface area contributed by atoms with Gasteiger partial charge in [0.05, 0.1) is 6.61 Å². The van der Waals surface area contributed by atoms with Gasteiger partial charge in [0, 0.05) is 30.3 Å². The number of aliphatic hydroxyl groups is 1. The first-order valence-corrected chi connectivity index (χ1v) is 6.00. The van der Waals surface area contributed by atoms with Crippen molar-refractivity contribution in [3.05, 3.63) is 22.4 Å². The number of halogens is 1. The van der Waals surface area contributed by atoms with Crippen molar-refractivity contribution in [3.8, 4) is 0 Å². The smallest absolute Gasteiger partial charge is 0.270 e. The predicted molar refractivity (Wildman–Crippen MR) is 66.6 cm³/mol. The molecule has 0 aliphatic rings. The molecule has 0 unspecified atom stereocenters. The number of carbonyl (C=O) groups is 1. The van der Waals surface area contributed by atoms with Crippen LogP contribution in [-0.4, -0.2) is 40.7 Å². The zero-order valence-electron chi connectivity index (χ0n) is 9.77. The lowest BCUT2D eigenvalue weighted by Crippen LogP contribution is -2.31. The van der Waals surface area contributed by atoms with E-state index in [4.69, 9.17) is 5.11 Å². The molecule has 5 heteroatoms. The van der Waals surface area contributed by atoms with Crippen LogP contribution < -0.4 is 0 Å². The van der Waals surface area contributed by atoms with Crippen LogP contribution in [0.25, 0.3) is 0 Å². The average molecular weight is 289 g/mol. The first-order chi connectivity index (χ1) is 7.47. The zero-order valence-corrected chi connectivity index (χ0v) is 11.4. The molecule has 0 radical (unpaired) electrons. The maximum Gasteiger partial charge on any atom is 0.270 e. The summed E-state index contributed by atoms with van der Waals surface area (Å²) in [4.78, 5) is 13.6. The highest BCUT2D eigenvalue weighted by molar-refractivity contribution is 9.10. The van der Waals surface area contributed by atoms with Gasteiger partial charge >= 0.3 is 0 Å². The Hall–Kier alpha value is -0.810. The first-order valence-electron chi connectivity index (χ1n) is 5.21. The van der Waals surface area contributed by atoms with Crippen LogP contribution in [0.4, 0.5) is 0 Å². The van der Waals surface area contributed by atoms with Gasteiger partial charge in [-0.2, -0.15) is 0 Å². The van der Waals surface area contributed by atoms with E-state index in [9.17, 15) is 4.79 Å². The molecule has 16 heavy (non-hydrogen) atoms. The van der Waals surface area contributed by atoms with E-state index in [2.05, 4.69) is 15.9 Å². The van der Waals surface area contributed by atoms with Gasteiger partial charge < -0.3 is 14.6 Å². The molecular formula is C11H17BrN2O2. The van der Waals surface area contributed by atoms with Crippen molar-refractivity contribution in [2.24, 2.45) is 0 Å². The molecule has 90 valence electrons. The summed E-state index contributed by atoms with van der Waals surface area (Å²) in [7, 11) is 1.68. The number of carbonyl (C=O) groups excluding carboxylic acids is 1. The van der Waals surface area contributed by atoms with Gasteiger partial charge in [0.15, 0.2) is 0 Å². The standard InChI is InChI=1S/C11H17BrN2O2/c1-8(2)14-7-9(12)6-10(14)11(16)13(3)4-5-15/h6-8,15H,4-5H2,1-3H3. The Morgan fingerprint density at radius 1 is 1.62 bits per heavy atom. The Morgan fingerprint density at radius 3 is 2.75 bits per heavy atom. The summed E-state index contributed by atoms with van der Waals surface area (Å²) in [6.45, 7) is 4.37. The van der Waals surface area contributed by atoms with Gasteiger partial charge in [0.25, 0.3) is 5.91 Å². The number of amides is 1. The summed E-state index contributed by atoms with van der Waals surface area (Å²) in [5.41, 5.74) is 0.637. The van der Waals surface area contributed by atoms with Crippen LogP contribution >= 0.6 is 15.9 Å². The van der Waals surface area contributed by atoms with Crippen molar-refractivity contribution in [3.63, 3.8) is 0 Å². The Balaban J connectivity index is 2.98. The molecule has 1 aromatic heterocycles. The number of likely N-dealkylation sites (N-methyl/N-ethyl adjacent to an activating group) is 1. The van der Waals surface area contributed by atoms with Gasteiger partial charge in [0.2, 0.25) is 0 Å². The third-order valence-corrected chi connectivity index (χ3v) is 2.81. The number of aliphatic hydroxyl groups excluding tert-OH is 1. The summed E-state index contributed by atoms with van der Waals surface area (Å²) in [5.74, 6) is -0.0755. The second-order valence-corrected chi connectivity index (χ2v) is 4.91. The van der Waals surface area contributed by atoms with Crippen molar-refractivity contribution in [1.29, 1.82) is 0 Å². The minimum atomic E-state index is -0.0755. The molecule has 1 amide bonds. The van der Waals surface area contributed by atoms with Gasteiger partial charge in [-0.25, -0.2) is 0 Å². The van der Waals surface area contributed by atoms with Gasteiger partial charge in [-0.3, -0.25) is 4.79 Å². The van der Waals surface area contributed by atoms with Crippen LogP contribution in [0.3, 0.4) is 0 Å². The molecule has 1 aromatic rings. The van der Waals surface area contributed by atoms with Gasteiger partial charge in [-0.15, -0.1) is 0 Å². The van der Waals surface area contributed by atoms with E-state index in [1.165, 1.54) is 4.90 Å².